The van der Waals surface area contributed by atoms with Crippen molar-refractivity contribution in [1.29, 1.82) is 0 Å². The first-order chi connectivity index (χ1) is 9.70. The maximum Gasteiger partial charge on any atom is 0.321 e. The average Bonchev–Trinajstić information content (AvgIpc) is 2.43. The molecule has 0 amide bonds. The number of hydrogen-bond donors (Lipinski definition) is 1. The predicted molar refractivity (Wildman–Crippen MR) is 83.4 cm³/mol. The number of ether oxygens (including phenoxy) is 1. The van der Waals surface area contributed by atoms with Gasteiger partial charge in [-0.3, -0.25) is 4.79 Å². The molecule has 0 aromatic heterocycles. The van der Waals surface area contributed by atoms with Crippen molar-refractivity contribution in [2.24, 2.45) is 5.73 Å². The highest BCUT2D eigenvalue weighted by atomic mass is 32.2. The van der Waals surface area contributed by atoms with Gasteiger partial charge in [-0.05, 0) is 26.0 Å². The second-order valence-corrected chi connectivity index (χ2v) is 6.94. The number of thiocarbonyl (C=S) groups is 1. The predicted octanol–water partition coefficient (Wildman–Crippen LogP) is 0.893. The summed E-state index contributed by atoms with van der Waals surface area (Å²) in [7, 11) is -2.59. The normalized spacial score (nSPS) is 11.7. The van der Waals surface area contributed by atoms with Crippen LogP contribution in [0.1, 0.15) is 19.4 Å². The summed E-state index contributed by atoms with van der Waals surface area (Å²) in [6.45, 7) is 3.03. The third-order valence-corrected chi connectivity index (χ3v) is 5.11. The van der Waals surface area contributed by atoms with Crippen molar-refractivity contribution in [3.8, 4) is 0 Å². The molecule has 1 aromatic rings. The molecule has 0 fully saturated rings. The van der Waals surface area contributed by atoms with Crippen molar-refractivity contribution in [3.63, 3.8) is 0 Å². The van der Waals surface area contributed by atoms with Gasteiger partial charge in [-0.2, -0.15) is 4.31 Å². The summed E-state index contributed by atoms with van der Waals surface area (Å²) >= 11 is 4.82. The number of rotatable bonds is 6. The molecule has 0 aliphatic heterocycles. The second-order valence-electron chi connectivity index (χ2n) is 4.61. The van der Waals surface area contributed by atoms with Gasteiger partial charge in [-0.25, -0.2) is 8.42 Å². The summed E-state index contributed by atoms with van der Waals surface area (Å²) in [5, 5.41) is 0. The van der Waals surface area contributed by atoms with Crippen LogP contribution in [0.5, 0.6) is 0 Å². The summed E-state index contributed by atoms with van der Waals surface area (Å²) in [4.78, 5) is 11.6. The Morgan fingerprint density at radius 1 is 1.33 bits per heavy atom. The molecule has 0 spiro atoms. The van der Waals surface area contributed by atoms with Crippen LogP contribution in [0.4, 0.5) is 0 Å². The first-order valence-corrected chi connectivity index (χ1v) is 8.03. The Morgan fingerprint density at radius 3 is 2.24 bits per heavy atom. The Kier molecular flexibility index (Phi) is 5.82. The van der Waals surface area contributed by atoms with E-state index in [9.17, 15) is 13.2 Å². The largest absolute Gasteiger partial charge is 0.468 e. The van der Waals surface area contributed by atoms with Crippen LogP contribution in [0, 0.1) is 0 Å². The van der Waals surface area contributed by atoms with Gasteiger partial charge in [0.25, 0.3) is 0 Å². The van der Waals surface area contributed by atoms with E-state index in [-0.39, 0.29) is 22.5 Å². The average molecular weight is 330 g/mol. The van der Waals surface area contributed by atoms with Crippen LogP contribution < -0.4 is 5.73 Å². The van der Waals surface area contributed by atoms with Crippen LogP contribution in [0.2, 0.25) is 0 Å². The molecular weight excluding hydrogens is 312 g/mol. The van der Waals surface area contributed by atoms with E-state index in [0.29, 0.717) is 5.56 Å². The van der Waals surface area contributed by atoms with Gasteiger partial charge >= 0.3 is 5.97 Å². The fraction of sp³-hybridized carbons (Fsp3) is 0.385. The number of nitrogens with two attached hydrogens (primary N) is 1. The Bertz CT molecular complexity index is 624. The molecule has 0 unspecified atom stereocenters. The molecule has 0 heterocycles. The van der Waals surface area contributed by atoms with Crippen molar-refractivity contribution in [1.82, 2.24) is 4.31 Å². The van der Waals surface area contributed by atoms with E-state index in [0.717, 1.165) is 4.31 Å². The van der Waals surface area contributed by atoms with Gasteiger partial charge in [0.2, 0.25) is 10.0 Å². The van der Waals surface area contributed by atoms with Gasteiger partial charge in [0, 0.05) is 11.6 Å². The van der Waals surface area contributed by atoms with E-state index in [4.69, 9.17) is 18.0 Å². The first kappa shape index (κ1) is 17.5. The van der Waals surface area contributed by atoms with Crippen molar-refractivity contribution in [2.45, 2.75) is 24.8 Å². The summed E-state index contributed by atoms with van der Waals surface area (Å²) in [5.74, 6) is -0.618. The number of methoxy groups -OCH3 is 1. The van der Waals surface area contributed by atoms with Crippen LogP contribution in [0.25, 0.3) is 0 Å². The molecule has 1 rings (SSSR count). The Hall–Kier alpha value is -1.51. The van der Waals surface area contributed by atoms with E-state index in [1.54, 1.807) is 13.8 Å². The van der Waals surface area contributed by atoms with Gasteiger partial charge in [0.1, 0.15) is 11.5 Å². The lowest BCUT2D eigenvalue weighted by Gasteiger charge is -2.24. The maximum absolute atomic E-state index is 12.6. The van der Waals surface area contributed by atoms with Crippen LogP contribution in [-0.4, -0.2) is 43.4 Å². The van der Waals surface area contributed by atoms with E-state index in [2.05, 4.69) is 4.74 Å². The topological polar surface area (TPSA) is 89.7 Å². The maximum atomic E-state index is 12.6. The van der Waals surface area contributed by atoms with E-state index < -0.39 is 16.0 Å². The van der Waals surface area contributed by atoms with Crippen LogP contribution in [0.15, 0.2) is 29.2 Å². The molecule has 0 aliphatic rings. The van der Waals surface area contributed by atoms with Crippen molar-refractivity contribution < 1.29 is 17.9 Å². The van der Waals surface area contributed by atoms with Gasteiger partial charge in [-0.15, -0.1) is 0 Å². The Labute approximate surface area is 129 Å². The fourth-order valence-corrected chi connectivity index (χ4v) is 3.38. The zero-order valence-electron chi connectivity index (χ0n) is 12.1. The van der Waals surface area contributed by atoms with Crippen molar-refractivity contribution >= 4 is 33.2 Å². The lowest BCUT2D eigenvalue weighted by molar-refractivity contribution is -0.141. The number of carbonyl (C=O) groups excluding carboxylic acids is 1. The smallest absolute Gasteiger partial charge is 0.321 e. The zero-order valence-corrected chi connectivity index (χ0v) is 13.7. The van der Waals surface area contributed by atoms with Gasteiger partial charge in [-0.1, -0.05) is 24.4 Å². The number of carbonyl (C=O) groups is 1. The highest BCUT2D eigenvalue weighted by Gasteiger charge is 2.29. The molecule has 6 nitrogen and oxygen atoms in total. The minimum Gasteiger partial charge on any atom is -0.468 e. The Balaban J connectivity index is 3.16. The minimum atomic E-state index is -3.80. The molecule has 0 atom stereocenters. The molecular formula is C13H18N2O4S2. The Morgan fingerprint density at radius 2 is 1.86 bits per heavy atom. The molecule has 116 valence electrons. The quantitative estimate of drug-likeness (QED) is 0.615. The molecule has 0 aliphatic carbocycles. The molecule has 0 radical (unpaired) electrons. The summed E-state index contributed by atoms with van der Waals surface area (Å²) < 4.78 is 30.7. The lowest BCUT2D eigenvalue weighted by Crippen LogP contribution is -2.41. The van der Waals surface area contributed by atoms with Gasteiger partial charge < -0.3 is 10.5 Å². The zero-order chi connectivity index (χ0) is 16.2. The van der Waals surface area contributed by atoms with Crippen LogP contribution in [-0.2, 0) is 19.6 Å². The van der Waals surface area contributed by atoms with Gasteiger partial charge in [0.15, 0.2) is 0 Å². The molecule has 21 heavy (non-hydrogen) atoms. The standard InChI is InChI=1S/C13H18N2O4S2/c1-9(2)15(8-12(16)19-3)21(17,18)11-6-4-10(5-7-11)13(14)20/h4-7,9H,8H2,1-3H3,(H2,14,20). The van der Waals surface area contributed by atoms with Crippen LogP contribution in [0.3, 0.4) is 0 Å². The number of sulfonamides is 1. The summed E-state index contributed by atoms with van der Waals surface area (Å²) in [6.07, 6.45) is 0. The van der Waals surface area contributed by atoms with Crippen LogP contribution >= 0.6 is 12.2 Å². The SMILES string of the molecule is COC(=O)CN(C(C)C)S(=O)(=O)c1ccc(C(N)=S)cc1. The monoisotopic (exact) mass is 330 g/mol. The molecule has 2 N–H and O–H groups in total. The molecule has 0 saturated carbocycles. The third kappa shape index (κ3) is 4.23. The molecule has 8 heteroatoms. The fourth-order valence-electron chi connectivity index (χ4n) is 1.66. The number of nitrogens with zero attached hydrogens (tertiary/aromatic N) is 1. The van der Waals surface area contributed by atoms with E-state index in [1.807, 2.05) is 0 Å². The highest BCUT2D eigenvalue weighted by Crippen LogP contribution is 2.19. The molecule has 1 aromatic carbocycles. The number of esters is 1. The highest BCUT2D eigenvalue weighted by molar-refractivity contribution is 7.89. The summed E-state index contributed by atoms with van der Waals surface area (Å²) in [5.41, 5.74) is 6.05. The van der Waals surface area contributed by atoms with E-state index in [1.165, 1.54) is 31.4 Å². The van der Waals surface area contributed by atoms with Gasteiger partial charge in [0.05, 0.1) is 12.0 Å². The second kappa shape index (κ2) is 6.97. The minimum absolute atomic E-state index is 0.0695. The molecule has 0 saturated heterocycles. The van der Waals surface area contributed by atoms with Crippen molar-refractivity contribution in [3.05, 3.63) is 29.8 Å². The summed E-state index contributed by atoms with van der Waals surface area (Å²) in [6, 6.07) is 5.51. The lowest BCUT2D eigenvalue weighted by atomic mass is 10.2. The number of hydrogen-bond acceptors (Lipinski definition) is 5. The molecule has 0 bridgehead atoms. The van der Waals surface area contributed by atoms with E-state index >= 15 is 0 Å². The number of benzene rings is 1. The van der Waals surface area contributed by atoms with Crippen molar-refractivity contribution in [2.75, 3.05) is 13.7 Å². The first-order valence-electron chi connectivity index (χ1n) is 6.18. The third-order valence-electron chi connectivity index (χ3n) is 2.83.